The summed E-state index contributed by atoms with van der Waals surface area (Å²) >= 11 is 0. The van der Waals surface area contributed by atoms with E-state index in [4.69, 9.17) is 14.2 Å². The first kappa shape index (κ1) is 16.7. The van der Waals surface area contributed by atoms with Crippen LogP contribution in [0.2, 0.25) is 0 Å². The maximum atomic E-state index is 12.7. The molecule has 0 aromatic heterocycles. The molecule has 6 heteroatoms. The summed E-state index contributed by atoms with van der Waals surface area (Å²) in [5.41, 5.74) is 1.76. The topological polar surface area (TPSA) is 60.0 Å². The highest BCUT2D eigenvalue weighted by Crippen LogP contribution is 2.42. The number of hydrogen-bond donors (Lipinski definition) is 1. The van der Waals surface area contributed by atoms with Crippen molar-refractivity contribution >= 4 is 11.7 Å². The Bertz CT molecular complexity index is 798. The normalized spacial score (nSPS) is 18.2. The van der Waals surface area contributed by atoms with Crippen LogP contribution in [0.5, 0.6) is 11.5 Å². The molecule has 0 aliphatic carbocycles. The summed E-state index contributed by atoms with van der Waals surface area (Å²) in [6.45, 7) is 2.94. The molecule has 136 valence electrons. The van der Waals surface area contributed by atoms with E-state index in [1.165, 1.54) is 0 Å². The number of ether oxygens (including phenoxy) is 3. The Morgan fingerprint density at radius 2 is 1.92 bits per heavy atom. The Balaban J connectivity index is 1.41. The van der Waals surface area contributed by atoms with Gasteiger partial charge in [0.2, 0.25) is 0 Å². The third kappa shape index (κ3) is 3.08. The number of carbonyl (C=O) groups is 1. The first-order valence-electron chi connectivity index (χ1n) is 8.74. The van der Waals surface area contributed by atoms with Crippen LogP contribution in [-0.4, -0.2) is 36.9 Å². The summed E-state index contributed by atoms with van der Waals surface area (Å²) in [6, 6.07) is 15.1. The minimum Gasteiger partial charge on any atom is -0.447 e. The van der Waals surface area contributed by atoms with Gasteiger partial charge >= 0.3 is 6.03 Å². The molecular weight excluding hydrogens is 332 g/mol. The van der Waals surface area contributed by atoms with Gasteiger partial charge in [-0.05, 0) is 36.8 Å². The number of amides is 2. The largest absolute Gasteiger partial charge is 0.447 e. The fraction of sp³-hybridized carbons (Fsp3) is 0.350. The zero-order chi connectivity index (χ0) is 18.1. The first-order valence-corrected chi connectivity index (χ1v) is 8.74. The molecule has 0 radical (unpaired) electrons. The van der Waals surface area contributed by atoms with Gasteiger partial charge in [0.15, 0.2) is 11.5 Å². The Kier molecular flexibility index (Phi) is 4.20. The summed E-state index contributed by atoms with van der Waals surface area (Å²) in [6.07, 6.45) is 0.608. The van der Waals surface area contributed by atoms with E-state index in [9.17, 15) is 4.79 Å². The lowest BCUT2D eigenvalue weighted by Gasteiger charge is -2.23. The predicted octanol–water partition coefficient (Wildman–Crippen LogP) is 3.80. The number of methoxy groups -OCH3 is 1. The molecule has 2 aromatic carbocycles. The van der Waals surface area contributed by atoms with Gasteiger partial charge in [-0.2, -0.15) is 0 Å². The van der Waals surface area contributed by atoms with E-state index in [1.54, 1.807) is 12.0 Å². The van der Waals surface area contributed by atoms with E-state index in [-0.39, 0.29) is 12.1 Å². The maximum absolute atomic E-state index is 12.7. The molecule has 26 heavy (non-hydrogen) atoms. The summed E-state index contributed by atoms with van der Waals surface area (Å²) in [5, 5.41) is 2.95. The number of nitrogens with zero attached hydrogens (tertiary/aromatic N) is 1. The fourth-order valence-corrected chi connectivity index (χ4v) is 3.34. The number of hydrogen-bond acceptors (Lipinski definition) is 4. The van der Waals surface area contributed by atoms with Crippen LogP contribution in [0.3, 0.4) is 0 Å². The molecular formula is C20H22N2O4. The van der Waals surface area contributed by atoms with Crippen molar-refractivity contribution in [1.29, 1.82) is 0 Å². The van der Waals surface area contributed by atoms with Crippen LogP contribution in [0.4, 0.5) is 10.5 Å². The van der Waals surface area contributed by atoms with Gasteiger partial charge in [-0.25, -0.2) is 4.79 Å². The fourth-order valence-electron chi connectivity index (χ4n) is 3.34. The average Bonchev–Trinajstić information content (AvgIpc) is 3.24. The number of rotatable bonds is 3. The van der Waals surface area contributed by atoms with Crippen LogP contribution in [0, 0.1) is 0 Å². The van der Waals surface area contributed by atoms with Crippen molar-refractivity contribution in [2.24, 2.45) is 0 Å². The summed E-state index contributed by atoms with van der Waals surface area (Å²) in [4.78, 5) is 14.4. The van der Waals surface area contributed by atoms with E-state index in [0.29, 0.717) is 19.5 Å². The number of benzene rings is 2. The molecule has 1 unspecified atom stereocenters. The van der Waals surface area contributed by atoms with Gasteiger partial charge in [0, 0.05) is 25.8 Å². The molecule has 1 spiro atoms. The third-order valence-electron chi connectivity index (χ3n) is 4.88. The van der Waals surface area contributed by atoms with Crippen molar-refractivity contribution in [3.63, 3.8) is 0 Å². The standard InChI is InChI=1S/C20H22N2O4/c1-14(24-2)15-6-5-7-16(12-15)21-19(23)22-11-10-20(13-22)25-17-8-3-4-9-18(17)26-20/h3-9,12,14H,10-11,13H2,1-2H3,(H,21,23). The number of urea groups is 1. The minimum atomic E-state index is -0.770. The smallest absolute Gasteiger partial charge is 0.322 e. The van der Waals surface area contributed by atoms with E-state index in [2.05, 4.69) is 5.32 Å². The lowest BCUT2D eigenvalue weighted by molar-refractivity contribution is -0.0647. The maximum Gasteiger partial charge on any atom is 0.322 e. The number of likely N-dealkylation sites (tertiary alicyclic amines) is 1. The molecule has 1 saturated heterocycles. The van der Waals surface area contributed by atoms with Crippen LogP contribution >= 0.6 is 0 Å². The highest BCUT2D eigenvalue weighted by atomic mass is 16.7. The van der Waals surface area contributed by atoms with Gasteiger partial charge in [0.25, 0.3) is 5.79 Å². The van der Waals surface area contributed by atoms with Gasteiger partial charge in [-0.15, -0.1) is 0 Å². The summed E-state index contributed by atoms with van der Waals surface area (Å²) < 4.78 is 17.3. The molecule has 2 aromatic rings. The van der Waals surface area contributed by atoms with Crippen LogP contribution in [-0.2, 0) is 4.74 Å². The molecule has 2 heterocycles. The molecule has 2 aliphatic rings. The van der Waals surface area contributed by atoms with Crippen LogP contribution < -0.4 is 14.8 Å². The summed E-state index contributed by atoms with van der Waals surface area (Å²) in [7, 11) is 1.67. The Morgan fingerprint density at radius 3 is 2.62 bits per heavy atom. The zero-order valence-electron chi connectivity index (χ0n) is 14.9. The Hall–Kier alpha value is -2.73. The van der Waals surface area contributed by atoms with Gasteiger partial charge < -0.3 is 24.4 Å². The van der Waals surface area contributed by atoms with Gasteiger partial charge in [0.05, 0.1) is 12.6 Å². The van der Waals surface area contributed by atoms with Crippen molar-refractivity contribution in [3.8, 4) is 11.5 Å². The molecule has 0 bridgehead atoms. The van der Waals surface area contributed by atoms with Crippen molar-refractivity contribution in [3.05, 3.63) is 54.1 Å². The highest BCUT2D eigenvalue weighted by molar-refractivity contribution is 5.89. The summed E-state index contributed by atoms with van der Waals surface area (Å²) in [5.74, 6) is 0.694. The minimum absolute atomic E-state index is 0.0271. The van der Waals surface area contributed by atoms with Crippen molar-refractivity contribution in [2.45, 2.75) is 25.2 Å². The molecule has 2 amide bonds. The Morgan fingerprint density at radius 1 is 1.19 bits per heavy atom. The molecule has 4 rings (SSSR count). The second-order valence-electron chi connectivity index (χ2n) is 6.67. The van der Waals surface area contributed by atoms with E-state index >= 15 is 0 Å². The Labute approximate surface area is 152 Å². The second kappa shape index (κ2) is 6.53. The number of anilines is 1. The van der Waals surface area contributed by atoms with Crippen LogP contribution in [0.1, 0.15) is 25.0 Å². The zero-order valence-corrected chi connectivity index (χ0v) is 14.9. The third-order valence-corrected chi connectivity index (χ3v) is 4.88. The lowest BCUT2D eigenvalue weighted by atomic mass is 10.1. The monoisotopic (exact) mass is 354 g/mol. The van der Waals surface area contributed by atoms with Crippen LogP contribution in [0.15, 0.2) is 48.5 Å². The van der Waals surface area contributed by atoms with Crippen molar-refractivity contribution in [1.82, 2.24) is 4.90 Å². The van der Waals surface area contributed by atoms with Crippen LogP contribution in [0.25, 0.3) is 0 Å². The van der Waals surface area contributed by atoms with E-state index in [1.807, 2.05) is 55.5 Å². The number of nitrogens with one attached hydrogen (secondary N) is 1. The molecule has 1 atom stereocenters. The predicted molar refractivity (Wildman–Crippen MR) is 97.5 cm³/mol. The number of fused-ring (bicyclic) bond motifs is 1. The molecule has 2 aliphatic heterocycles. The molecule has 6 nitrogen and oxygen atoms in total. The SMILES string of the molecule is COC(C)c1cccc(NC(=O)N2CCC3(C2)Oc2ccccc2O3)c1. The number of carbonyl (C=O) groups excluding carboxylic acids is 1. The van der Waals surface area contributed by atoms with E-state index in [0.717, 1.165) is 22.7 Å². The molecule has 1 N–H and O–H groups in total. The molecule has 1 fully saturated rings. The number of para-hydroxylation sites is 2. The van der Waals surface area contributed by atoms with E-state index < -0.39 is 5.79 Å². The van der Waals surface area contributed by atoms with Gasteiger partial charge in [-0.3, -0.25) is 0 Å². The van der Waals surface area contributed by atoms with Crippen molar-refractivity contribution in [2.75, 3.05) is 25.5 Å². The first-order chi connectivity index (χ1) is 12.6. The molecule has 0 saturated carbocycles. The second-order valence-corrected chi connectivity index (χ2v) is 6.67. The quantitative estimate of drug-likeness (QED) is 0.911. The van der Waals surface area contributed by atoms with Gasteiger partial charge in [0.1, 0.15) is 0 Å². The van der Waals surface area contributed by atoms with Crippen molar-refractivity contribution < 1.29 is 19.0 Å². The van der Waals surface area contributed by atoms with Gasteiger partial charge in [-0.1, -0.05) is 24.3 Å². The lowest BCUT2D eigenvalue weighted by Crippen LogP contribution is -2.43. The highest BCUT2D eigenvalue weighted by Gasteiger charge is 2.48. The average molecular weight is 354 g/mol.